The van der Waals surface area contributed by atoms with E-state index < -0.39 is 0 Å². The Morgan fingerprint density at radius 1 is 1.44 bits per heavy atom. The van der Waals surface area contributed by atoms with Crippen LogP contribution >= 0.6 is 11.8 Å². The second kappa shape index (κ2) is 6.48. The number of ether oxygens (including phenoxy) is 1. The summed E-state index contributed by atoms with van der Waals surface area (Å²) in [5.41, 5.74) is 1.29. The molecular weight excluding hydrogens is 242 g/mol. The zero-order chi connectivity index (χ0) is 13.0. The number of methoxy groups -OCH3 is 1. The molecule has 1 aliphatic rings. The molecule has 0 amide bonds. The van der Waals surface area contributed by atoms with Crippen LogP contribution < -0.4 is 10.1 Å². The Morgan fingerprint density at radius 2 is 2.22 bits per heavy atom. The van der Waals surface area contributed by atoms with Crippen molar-refractivity contribution in [3.63, 3.8) is 0 Å². The van der Waals surface area contributed by atoms with Crippen molar-refractivity contribution in [1.82, 2.24) is 5.32 Å². The molecule has 2 nitrogen and oxygen atoms in total. The zero-order valence-electron chi connectivity index (χ0n) is 11.5. The second-order valence-corrected chi connectivity index (χ2v) is 6.63. The van der Waals surface area contributed by atoms with Gasteiger partial charge in [-0.05, 0) is 31.4 Å². The lowest BCUT2D eigenvalue weighted by molar-refractivity contribution is 0.402. The number of hydrogen-bond donors (Lipinski definition) is 1. The molecule has 3 unspecified atom stereocenters. The van der Waals surface area contributed by atoms with E-state index in [1.165, 1.54) is 17.7 Å². The highest BCUT2D eigenvalue weighted by molar-refractivity contribution is 8.00. The maximum Gasteiger partial charge on any atom is 0.122 e. The number of thioether (sulfide) groups is 1. The second-order valence-electron chi connectivity index (χ2n) is 5.16. The summed E-state index contributed by atoms with van der Waals surface area (Å²) < 4.78 is 5.40. The van der Waals surface area contributed by atoms with Crippen molar-refractivity contribution in [3.8, 4) is 5.75 Å². The Kier molecular flexibility index (Phi) is 4.95. The van der Waals surface area contributed by atoms with Crippen LogP contribution in [0, 0.1) is 0 Å². The van der Waals surface area contributed by atoms with Crippen molar-refractivity contribution >= 4 is 11.8 Å². The number of benzene rings is 1. The molecule has 1 aromatic carbocycles. The number of rotatable bonds is 5. The Balaban J connectivity index is 1.88. The van der Waals surface area contributed by atoms with Crippen LogP contribution in [0.1, 0.15) is 25.8 Å². The lowest BCUT2D eigenvalue weighted by atomic mass is 10.0. The van der Waals surface area contributed by atoms with Gasteiger partial charge in [0.2, 0.25) is 0 Å². The van der Waals surface area contributed by atoms with E-state index in [2.05, 4.69) is 43.1 Å². The van der Waals surface area contributed by atoms with Crippen LogP contribution in [0.5, 0.6) is 5.75 Å². The molecule has 0 radical (unpaired) electrons. The monoisotopic (exact) mass is 265 g/mol. The highest BCUT2D eigenvalue weighted by Gasteiger charge is 2.23. The predicted molar refractivity (Wildman–Crippen MR) is 79.6 cm³/mol. The van der Waals surface area contributed by atoms with Crippen LogP contribution in [0.3, 0.4) is 0 Å². The number of para-hydroxylation sites is 1. The van der Waals surface area contributed by atoms with Gasteiger partial charge in [-0.2, -0.15) is 11.8 Å². The summed E-state index contributed by atoms with van der Waals surface area (Å²) >= 11 is 2.07. The topological polar surface area (TPSA) is 21.3 Å². The molecule has 0 aromatic heterocycles. The smallest absolute Gasteiger partial charge is 0.122 e. The van der Waals surface area contributed by atoms with E-state index in [1.54, 1.807) is 7.11 Å². The molecule has 0 spiro atoms. The van der Waals surface area contributed by atoms with E-state index >= 15 is 0 Å². The normalized spacial score (nSPS) is 25.1. The summed E-state index contributed by atoms with van der Waals surface area (Å²) in [6, 6.07) is 9.47. The molecule has 1 aromatic rings. The Bertz CT molecular complexity index is 383. The minimum absolute atomic E-state index is 0.497. The van der Waals surface area contributed by atoms with Crippen molar-refractivity contribution in [1.29, 1.82) is 0 Å². The van der Waals surface area contributed by atoms with Gasteiger partial charge in [0.1, 0.15) is 5.75 Å². The first kappa shape index (κ1) is 13.8. The zero-order valence-corrected chi connectivity index (χ0v) is 12.3. The first-order valence-electron chi connectivity index (χ1n) is 6.68. The van der Waals surface area contributed by atoms with Gasteiger partial charge in [0, 0.05) is 23.1 Å². The quantitative estimate of drug-likeness (QED) is 0.884. The van der Waals surface area contributed by atoms with Crippen LogP contribution in [-0.4, -0.2) is 30.2 Å². The summed E-state index contributed by atoms with van der Waals surface area (Å²) in [5.74, 6) is 2.25. The summed E-state index contributed by atoms with van der Waals surface area (Å²) in [7, 11) is 1.74. The van der Waals surface area contributed by atoms with Gasteiger partial charge in [0.15, 0.2) is 0 Å². The standard InChI is InChI=1S/C15H23NOS/c1-11(16-14-9-12(2)18-10-14)8-13-6-4-5-7-15(13)17-3/h4-7,11-12,14,16H,8-10H2,1-3H3. The molecule has 1 fully saturated rings. The summed E-state index contributed by atoms with van der Waals surface area (Å²) in [6.07, 6.45) is 2.32. The van der Waals surface area contributed by atoms with E-state index in [4.69, 9.17) is 4.74 Å². The third kappa shape index (κ3) is 3.66. The fourth-order valence-electron chi connectivity index (χ4n) is 2.60. The molecule has 18 heavy (non-hydrogen) atoms. The van der Waals surface area contributed by atoms with Gasteiger partial charge in [-0.1, -0.05) is 25.1 Å². The van der Waals surface area contributed by atoms with Gasteiger partial charge < -0.3 is 10.1 Å². The van der Waals surface area contributed by atoms with Gasteiger partial charge in [0.25, 0.3) is 0 Å². The van der Waals surface area contributed by atoms with Crippen molar-refractivity contribution in [3.05, 3.63) is 29.8 Å². The van der Waals surface area contributed by atoms with E-state index in [-0.39, 0.29) is 0 Å². The average molecular weight is 265 g/mol. The average Bonchev–Trinajstić information content (AvgIpc) is 2.75. The summed E-state index contributed by atoms with van der Waals surface area (Å²) in [6.45, 7) is 4.58. The molecule has 3 atom stereocenters. The largest absolute Gasteiger partial charge is 0.496 e. The molecule has 1 heterocycles. The van der Waals surface area contributed by atoms with Crippen molar-refractivity contribution < 1.29 is 4.74 Å². The Morgan fingerprint density at radius 3 is 2.89 bits per heavy atom. The van der Waals surface area contributed by atoms with Gasteiger partial charge in [0.05, 0.1) is 7.11 Å². The summed E-state index contributed by atoms with van der Waals surface area (Å²) in [4.78, 5) is 0. The molecular formula is C15H23NOS. The molecule has 2 rings (SSSR count). The maximum absolute atomic E-state index is 5.40. The van der Waals surface area contributed by atoms with Crippen molar-refractivity contribution in [2.75, 3.05) is 12.9 Å². The molecule has 0 saturated carbocycles. The third-order valence-electron chi connectivity index (χ3n) is 3.44. The fraction of sp³-hybridized carbons (Fsp3) is 0.600. The van der Waals surface area contributed by atoms with Gasteiger partial charge in [-0.15, -0.1) is 0 Å². The van der Waals surface area contributed by atoms with E-state index in [1.807, 2.05) is 12.1 Å². The minimum atomic E-state index is 0.497. The van der Waals surface area contributed by atoms with E-state index in [0.717, 1.165) is 17.4 Å². The fourth-order valence-corrected chi connectivity index (χ4v) is 3.76. The SMILES string of the molecule is COc1ccccc1CC(C)NC1CSC(C)C1. The molecule has 3 heteroatoms. The number of nitrogens with one attached hydrogen (secondary N) is 1. The van der Waals surface area contributed by atoms with Crippen LogP contribution in [-0.2, 0) is 6.42 Å². The first-order chi connectivity index (χ1) is 8.69. The third-order valence-corrected chi connectivity index (χ3v) is 4.79. The molecule has 0 aliphatic carbocycles. The highest BCUT2D eigenvalue weighted by atomic mass is 32.2. The molecule has 100 valence electrons. The van der Waals surface area contributed by atoms with Crippen molar-refractivity contribution in [2.45, 2.75) is 44.0 Å². The van der Waals surface area contributed by atoms with E-state index in [9.17, 15) is 0 Å². The Hall–Kier alpha value is -0.670. The molecule has 0 bridgehead atoms. The minimum Gasteiger partial charge on any atom is -0.496 e. The van der Waals surface area contributed by atoms with Crippen LogP contribution in [0.4, 0.5) is 0 Å². The van der Waals surface area contributed by atoms with Crippen LogP contribution in [0.2, 0.25) is 0 Å². The van der Waals surface area contributed by atoms with Gasteiger partial charge in [-0.3, -0.25) is 0 Å². The van der Waals surface area contributed by atoms with Gasteiger partial charge in [-0.25, -0.2) is 0 Å². The highest BCUT2D eigenvalue weighted by Crippen LogP contribution is 2.26. The van der Waals surface area contributed by atoms with Gasteiger partial charge >= 0.3 is 0 Å². The molecule has 1 aliphatic heterocycles. The van der Waals surface area contributed by atoms with Crippen LogP contribution in [0.25, 0.3) is 0 Å². The van der Waals surface area contributed by atoms with Crippen molar-refractivity contribution in [2.24, 2.45) is 0 Å². The lowest BCUT2D eigenvalue weighted by Gasteiger charge is -2.20. The maximum atomic E-state index is 5.40. The van der Waals surface area contributed by atoms with Crippen LogP contribution in [0.15, 0.2) is 24.3 Å². The molecule has 1 saturated heterocycles. The lowest BCUT2D eigenvalue weighted by Crippen LogP contribution is -2.38. The summed E-state index contributed by atoms with van der Waals surface area (Å²) in [5, 5.41) is 4.54. The predicted octanol–water partition coefficient (Wildman–Crippen LogP) is 3.11. The first-order valence-corrected chi connectivity index (χ1v) is 7.73. The van der Waals surface area contributed by atoms with E-state index in [0.29, 0.717) is 12.1 Å². The number of hydrogen-bond acceptors (Lipinski definition) is 3. The molecule has 1 N–H and O–H groups in total. The Labute approximate surface area is 114 Å².